The second kappa shape index (κ2) is 12.9. The first-order chi connectivity index (χ1) is 24.2. The maximum atomic E-state index is 6.31. The number of rotatable bonds is 5. The fraction of sp³-hybridized carbons (Fsp3) is 0.0227. The van der Waals surface area contributed by atoms with Gasteiger partial charge in [0.1, 0.15) is 11.2 Å². The average Bonchev–Trinajstić information content (AvgIpc) is 3.71. The molecule has 5 nitrogen and oxygen atoms in total. The Labute approximate surface area is 284 Å². The highest BCUT2D eigenvalue weighted by molar-refractivity contribution is 6.10. The monoisotopic (exact) mass is 632 g/mol. The smallest absolute Gasteiger partial charge is 0.164 e. The van der Waals surface area contributed by atoms with Crippen molar-refractivity contribution in [2.75, 3.05) is 0 Å². The quantitative estimate of drug-likeness (QED) is 0.177. The third-order valence-corrected chi connectivity index (χ3v) is 8.58. The summed E-state index contributed by atoms with van der Waals surface area (Å²) in [6.07, 6.45) is 5.58. The third-order valence-electron chi connectivity index (χ3n) is 8.58. The number of para-hydroxylation sites is 2. The van der Waals surface area contributed by atoms with Crippen LogP contribution >= 0.6 is 0 Å². The van der Waals surface area contributed by atoms with Crippen LogP contribution in [-0.4, -0.2) is 19.5 Å². The summed E-state index contributed by atoms with van der Waals surface area (Å²) in [6.45, 7) is 5.42. The van der Waals surface area contributed by atoms with Crippen molar-refractivity contribution in [3.8, 4) is 39.9 Å². The maximum Gasteiger partial charge on any atom is 0.164 e. The number of nitrogens with zero attached hydrogens (tertiary/aromatic N) is 4. The zero-order valence-corrected chi connectivity index (χ0v) is 27.0. The Morgan fingerprint density at radius 3 is 1.53 bits per heavy atom. The summed E-state index contributed by atoms with van der Waals surface area (Å²) in [5, 5.41) is 4.53. The third kappa shape index (κ3) is 5.57. The van der Waals surface area contributed by atoms with Crippen molar-refractivity contribution in [2.24, 2.45) is 0 Å². The summed E-state index contributed by atoms with van der Waals surface area (Å²) in [7, 11) is 0. The fourth-order valence-electron chi connectivity index (χ4n) is 6.32. The molecule has 0 spiro atoms. The number of furan rings is 1. The second-order valence-electron chi connectivity index (χ2n) is 11.7. The van der Waals surface area contributed by atoms with Crippen LogP contribution in [-0.2, 0) is 0 Å². The van der Waals surface area contributed by atoms with E-state index >= 15 is 0 Å². The van der Waals surface area contributed by atoms with Gasteiger partial charge in [-0.3, -0.25) is 0 Å². The highest BCUT2D eigenvalue weighted by atomic mass is 16.3. The Bertz CT molecular complexity index is 2520. The van der Waals surface area contributed by atoms with Gasteiger partial charge in [-0.2, -0.15) is 0 Å². The van der Waals surface area contributed by atoms with Crippen LogP contribution in [0.4, 0.5) is 0 Å². The summed E-state index contributed by atoms with van der Waals surface area (Å²) in [5.41, 5.74) is 7.89. The zero-order valence-electron chi connectivity index (χ0n) is 27.0. The highest BCUT2D eigenvalue weighted by Crippen LogP contribution is 2.37. The molecule has 9 rings (SSSR count). The minimum atomic E-state index is 0.618. The molecule has 5 heteroatoms. The van der Waals surface area contributed by atoms with Gasteiger partial charge < -0.3 is 8.98 Å². The van der Waals surface area contributed by atoms with Crippen LogP contribution in [0.25, 0.3) is 83.6 Å². The van der Waals surface area contributed by atoms with E-state index in [9.17, 15) is 0 Å². The molecule has 0 aliphatic carbocycles. The van der Waals surface area contributed by atoms with E-state index in [1.54, 1.807) is 6.08 Å². The first kappa shape index (κ1) is 29.8. The summed E-state index contributed by atoms with van der Waals surface area (Å²) >= 11 is 0. The lowest BCUT2D eigenvalue weighted by Crippen LogP contribution is -2.00. The normalized spacial score (nSPS) is 11.4. The molecule has 0 radical (unpaired) electrons. The van der Waals surface area contributed by atoms with Crippen molar-refractivity contribution in [3.05, 3.63) is 170 Å². The highest BCUT2D eigenvalue weighted by Gasteiger charge is 2.16. The fourth-order valence-corrected chi connectivity index (χ4v) is 6.32. The van der Waals surface area contributed by atoms with Gasteiger partial charge in [0.15, 0.2) is 17.5 Å². The largest absolute Gasteiger partial charge is 0.456 e. The standard InChI is InChI=1S/C39H24N4O.C5H8/c1-3-11-25(12-4-1)37-40-38(26-13-5-2-6-14-26)42-39(41-37)27-19-21-35-31(23-27)32-24-28(20-22-36(32)44-35)43-33-17-9-7-15-29(33)30-16-8-10-18-34(30)43;1-3-5-4-2/h1-24H;3-5H,1H2,2H3/b;5-4-. The SMILES string of the molecule is C=C/C=C\C.c1ccc(-c2nc(-c3ccccc3)nc(-c3ccc4oc5ccc(-n6c7ccccc7c7ccccc76)cc5c4c3)n2)cc1. The van der Waals surface area contributed by atoms with Crippen LogP contribution in [0.2, 0.25) is 0 Å². The van der Waals surface area contributed by atoms with Crippen LogP contribution in [0.5, 0.6) is 0 Å². The van der Waals surface area contributed by atoms with Crippen molar-refractivity contribution in [1.29, 1.82) is 0 Å². The van der Waals surface area contributed by atoms with Gasteiger partial charge in [-0.15, -0.1) is 0 Å². The molecule has 0 fully saturated rings. The van der Waals surface area contributed by atoms with Crippen LogP contribution in [0.15, 0.2) is 175 Å². The van der Waals surface area contributed by atoms with E-state index in [0.29, 0.717) is 17.5 Å². The van der Waals surface area contributed by atoms with Crippen molar-refractivity contribution >= 4 is 43.7 Å². The molecule has 3 aromatic heterocycles. The summed E-state index contributed by atoms with van der Waals surface area (Å²) < 4.78 is 8.64. The van der Waals surface area contributed by atoms with E-state index in [4.69, 9.17) is 19.4 Å². The van der Waals surface area contributed by atoms with E-state index in [1.807, 2.05) is 91.9 Å². The van der Waals surface area contributed by atoms with E-state index in [-0.39, 0.29) is 0 Å². The molecule has 0 amide bonds. The van der Waals surface area contributed by atoms with Crippen molar-refractivity contribution in [2.45, 2.75) is 6.92 Å². The number of benzene rings is 6. The number of hydrogen-bond donors (Lipinski definition) is 0. The molecule has 0 saturated carbocycles. The Morgan fingerprint density at radius 1 is 0.510 bits per heavy atom. The van der Waals surface area contributed by atoms with E-state index < -0.39 is 0 Å². The number of aromatic nitrogens is 4. The Hall–Kier alpha value is -6.59. The molecule has 234 valence electrons. The van der Waals surface area contributed by atoms with Crippen molar-refractivity contribution in [1.82, 2.24) is 19.5 Å². The van der Waals surface area contributed by atoms with Gasteiger partial charge in [-0.05, 0) is 55.5 Å². The molecular formula is C44H32N4O. The molecule has 3 heterocycles. The first-order valence-corrected chi connectivity index (χ1v) is 16.3. The molecule has 0 bridgehead atoms. The lowest BCUT2D eigenvalue weighted by molar-refractivity contribution is 0.669. The minimum absolute atomic E-state index is 0.618. The Kier molecular flexibility index (Phi) is 7.84. The van der Waals surface area contributed by atoms with Gasteiger partial charge in [0, 0.05) is 43.9 Å². The molecule has 9 aromatic rings. The van der Waals surface area contributed by atoms with Gasteiger partial charge >= 0.3 is 0 Å². The van der Waals surface area contributed by atoms with Crippen LogP contribution < -0.4 is 0 Å². The van der Waals surface area contributed by atoms with Gasteiger partial charge in [0.2, 0.25) is 0 Å². The lowest BCUT2D eigenvalue weighted by Gasteiger charge is -2.09. The van der Waals surface area contributed by atoms with Crippen molar-refractivity contribution < 1.29 is 4.42 Å². The van der Waals surface area contributed by atoms with Crippen LogP contribution in [0, 0.1) is 0 Å². The maximum absolute atomic E-state index is 6.31. The molecule has 0 unspecified atom stereocenters. The van der Waals surface area contributed by atoms with Crippen LogP contribution in [0.3, 0.4) is 0 Å². The number of hydrogen-bond acceptors (Lipinski definition) is 4. The van der Waals surface area contributed by atoms with Gasteiger partial charge in [0.05, 0.1) is 11.0 Å². The molecule has 0 saturated heterocycles. The van der Waals surface area contributed by atoms with Gasteiger partial charge in [0.25, 0.3) is 0 Å². The van der Waals surface area contributed by atoms with E-state index in [1.165, 1.54) is 21.8 Å². The molecule has 49 heavy (non-hydrogen) atoms. The topological polar surface area (TPSA) is 56.7 Å². The Morgan fingerprint density at radius 2 is 1.00 bits per heavy atom. The van der Waals surface area contributed by atoms with E-state index in [0.717, 1.165) is 44.3 Å². The molecular weight excluding hydrogens is 601 g/mol. The van der Waals surface area contributed by atoms with Crippen molar-refractivity contribution in [3.63, 3.8) is 0 Å². The van der Waals surface area contributed by atoms with Gasteiger partial charge in [-0.1, -0.05) is 122 Å². The molecule has 0 aliphatic heterocycles. The lowest BCUT2D eigenvalue weighted by atomic mass is 10.1. The Balaban J connectivity index is 0.000000653. The zero-order chi connectivity index (χ0) is 33.2. The average molecular weight is 633 g/mol. The van der Waals surface area contributed by atoms with Crippen LogP contribution in [0.1, 0.15) is 6.92 Å². The van der Waals surface area contributed by atoms with Gasteiger partial charge in [-0.25, -0.2) is 15.0 Å². The molecule has 6 aromatic carbocycles. The summed E-state index contributed by atoms with van der Waals surface area (Å²) in [6, 6.07) is 49.8. The first-order valence-electron chi connectivity index (χ1n) is 16.3. The predicted octanol–water partition coefficient (Wildman–Crippen LogP) is 11.6. The molecule has 0 atom stereocenters. The summed E-state index contributed by atoms with van der Waals surface area (Å²) in [4.78, 5) is 14.7. The van der Waals surface area contributed by atoms with E-state index in [2.05, 4.69) is 83.9 Å². The minimum Gasteiger partial charge on any atom is -0.456 e. The molecule has 0 N–H and O–H groups in total. The predicted molar refractivity (Wildman–Crippen MR) is 203 cm³/mol. The number of fused-ring (bicyclic) bond motifs is 6. The second-order valence-corrected chi connectivity index (χ2v) is 11.7. The summed E-state index contributed by atoms with van der Waals surface area (Å²) in [5.74, 6) is 1.90. The number of allylic oxidation sites excluding steroid dienone is 3. The molecule has 0 aliphatic rings.